The Morgan fingerprint density at radius 1 is 1.35 bits per heavy atom. The highest BCUT2D eigenvalue weighted by atomic mass is 35.5. The van der Waals surface area contributed by atoms with Crippen LogP contribution in [0.1, 0.15) is 61.9 Å². The van der Waals surface area contributed by atoms with Gasteiger partial charge in [0.15, 0.2) is 0 Å². The number of halogens is 1. The zero-order valence-electron chi connectivity index (χ0n) is 12.4. The molecule has 0 saturated carbocycles. The SMILES string of the molecule is CCCCCCC(C)NCc1ccc(C(N)=O)cc1Cl. The molecule has 0 heterocycles. The molecule has 112 valence electrons. The van der Waals surface area contributed by atoms with Crippen LogP contribution in [0.15, 0.2) is 18.2 Å². The topological polar surface area (TPSA) is 55.1 Å². The largest absolute Gasteiger partial charge is 0.366 e. The number of rotatable bonds is 9. The van der Waals surface area contributed by atoms with Crippen molar-refractivity contribution >= 4 is 17.5 Å². The minimum Gasteiger partial charge on any atom is -0.366 e. The fourth-order valence-corrected chi connectivity index (χ4v) is 2.35. The van der Waals surface area contributed by atoms with Crippen molar-refractivity contribution in [1.29, 1.82) is 0 Å². The molecule has 4 heteroatoms. The molecule has 20 heavy (non-hydrogen) atoms. The molecular weight excluding hydrogens is 272 g/mol. The van der Waals surface area contributed by atoms with Crippen LogP contribution in [-0.2, 0) is 6.54 Å². The van der Waals surface area contributed by atoms with E-state index in [4.69, 9.17) is 17.3 Å². The van der Waals surface area contributed by atoms with E-state index in [1.54, 1.807) is 12.1 Å². The summed E-state index contributed by atoms with van der Waals surface area (Å²) in [4.78, 5) is 11.0. The second-order valence-electron chi connectivity index (χ2n) is 5.30. The van der Waals surface area contributed by atoms with Crippen LogP contribution in [0.5, 0.6) is 0 Å². The smallest absolute Gasteiger partial charge is 0.248 e. The van der Waals surface area contributed by atoms with E-state index in [1.807, 2.05) is 6.07 Å². The third-order valence-electron chi connectivity index (χ3n) is 3.47. The van der Waals surface area contributed by atoms with Crippen molar-refractivity contribution in [3.8, 4) is 0 Å². The fraction of sp³-hybridized carbons (Fsp3) is 0.562. The van der Waals surface area contributed by atoms with Crippen LogP contribution >= 0.6 is 11.6 Å². The van der Waals surface area contributed by atoms with E-state index < -0.39 is 5.91 Å². The summed E-state index contributed by atoms with van der Waals surface area (Å²) < 4.78 is 0. The van der Waals surface area contributed by atoms with E-state index >= 15 is 0 Å². The maximum atomic E-state index is 11.0. The number of unbranched alkanes of at least 4 members (excludes halogenated alkanes) is 3. The Morgan fingerprint density at radius 2 is 2.10 bits per heavy atom. The maximum absolute atomic E-state index is 11.0. The number of nitrogens with one attached hydrogen (secondary N) is 1. The minimum atomic E-state index is -0.448. The quantitative estimate of drug-likeness (QED) is 0.679. The van der Waals surface area contributed by atoms with Gasteiger partial charge in [0.05, 0.1) is 0 Å². The summed E-state index contributed by atoms with van der Waals surface area (Å²) in [5, 5.41) is 4.05. The average molecular weight is 297 g/mol. The normalized spacial score (nSPS) is 12.3. The molecule has 3 nitrogen and oxygen atoms in total. The summed E-state index contributed by atoms with van der Waals surface area (Å²) >= 11 is 6.15. The average Bonchev–Trinajstić information content (AvgIpc) is 2.42. The number of hydrogen-bond donors (Lipinski definition) is 2. The van der Waals surface area contributed by atoms with E-state index in [-0.39, 0.29) is 0 Å². The van der Waals surface area contributed by atoms with Gasteiger partial charge in [-0.05, 0) is 31.0 Å². The van der Waals surface area contributed by atoms with Crippen LogP contribution in [0.25, 0.3) is 0 Å². The van der Waals surface area contributed by atoms with Gasteiger partial charge in [-0.3, -0.25) is 4.79 Å². The van der Waals surface area contributed by atoms with Crippen LogP contribution < -0.4 is 11.1 Å². The first-order chi connectivity index (χ1) is 9.54. The zero-order valence-corrected chi connectivity index (χ0v) is 13.2. The highest BCUT2D eigenvalue weighted by Gasteiger charge is 2.07. The molecule has 1 amide bonds. The molecule has 0 spiro atoms. The van der Waals surface area contributed by atoms with E-state index in [2.05, 4.69) is 19.2 Å². The molecule has 0 saturated heterocycles. The monoisotopic (exact) mass is 296 g/mol. The van der Waals surface area contributed by atoms with Gasteiger partial charge in [0.25, 0.3) is 0 Å². The van der Waals surface area contributed by atoms with Gasteiger partial charge in [0, 0.05) is 23.2 Å². The molecule has 1 unspecified atom stereocenters. The summed E-state index contributed by atoms with van der Waals surface area (Å²) in [6.07, 6.45) is 6.32. The lowest BCUT2D eigenvalue weighted by Crippen LogP contribution is -2.25. The number of amides is 1. The first-order valence-electron chi connectivity index (χ1n) is 7.36. The highest BCUT2D eigenvalue weighted by molar-refractivity contribution is 6.31. The van der Waals surface area contributed by atoms with Gasteiger partial charge in [0.1, 0.15) is 0 Å². The fourth-order valence-electron chi connectivity index (χ4n) is 2.11. The van der Waals surface area contributed by atoms with Crippen LogP contribution in [-0.4, -0.2) is 11.9 Å². The lowest BCUT2D eigenvalue weighted by Gasteiger charge is -2.14. The van der Waals surface area contributed by atoms with Gasteiger partial charge in [-0.1, -0.05) is 50.3 Å². The second kappa shape index (κ2) is 8.98. The summed E-state index contributed by atoms with van der Waals surface area (Å²) in [6, 6.07) is 5.68. The molecule has 0 aromatic heterocycles. The van der Waals surface area contributed by atoms with Crippen molar-refractivity contribution < 1.29 is 4.79 Å². The van der Waals surface area contributed by atoms with Gasteiger partial charge < -0.3 is 11.1 Å². The summed E-state index contributed by atoms with van der Waals surface area (Å²) in [6.45, 7) is 5.13. The molecular formula is C16H25ClN2O. The molecule has 3 N–H and O–H groups in total. The van der Waals surface area contributed by atoms with Gasteiger partial charge in [-0.15, -0.1) is 0 Å². The number of benzene rings is 1. The Balaban J connectivity index is 2.39. The minimum absolute atomic E-state index is 0.448. The highest BCUT2D eigenvalue weighted by Crippen LogP contribution is 2.18. The molecule has 0 bridgehead atoms. The Bertz CT molecular complexity index is 434. The first kappa shape index (κ1) is 17.0. The maximum Gasteiger partial charge on any atom is 0.248 e. The Kier molecular flexibility index (Phi) is 7.63. The molecule has 0 aliphatic heterocycles. The molecule has 1 rings (SSSR count). The Hall–Kier alpha value is -1.06. The number of hydrogen-bond acceptors (Lipinski definition) is 2. The number of nitrogens with two attached hydrogens (primary N) is 1. The zero-order chi connectivity index (χ0) is 15.0. The molecule has 1 atom stereocenters. The lowest BCUT2D eigenvalue weighted by molar-refractivity contribution is 0.100. The van der Waals surface area contributed by atoms with Crippen LogP contribution in [0, 0.1) is 0 Å². The number of carbonyl (C=O) groups excluding carboxylic acids is 1. The Labute approximate surface area is 126 Å². The predicted octanol–water partition coefficient (Wildman–Crippen LogP) is 3.89. The van der Waals surface area contributed by atoms with Crippen LogP contribution in [0.3, 0.4) is 0 Å². The predicted molar refractivity (Wildman–Crippen MR) is 85.0 cm³/mol. The summed E-state index contributed by atoms with van der Waals surface area (Å²) in [5.41, 5.74) is 6.67. The van der Waals surface area contributed by atoms with E-state index in [9.17, 15) is 4.79 Å². The van der Waals surface area contributed by atoms with Crippen molar-refractivity contribution in [3.63, 3.8) is 0 Å². The van der Waals surface area contributed by atoms with Crippen LogP contribution in [0.4, 0.5) is 0 Å². The van der Waals surface area contributed by atoms with E-state index in [1.165, 1.54) is 32.1 Å². The number of carbonyl (C=O) groups is 1. The van der Waals surface area contributed by atoms with E-state index in [0.717, 1.165) is 5.56 Å². The molecule has 0 aliphatic carbocycles. The van der Waals surface area contributed by atoms with Gasteiger partial charge in [0.2, 0.25) is 5.91 Å². The van der Waals surface area contributed by atoms with Crippen molar-refractivity contribution in [2.24, 2.45) is 5.73 Å². The van der Waals surface area contributed by atoms with E-state index in [0.29, 0.717) is 23.2 Å². The molecule has 0 radical (unpaired) electrons. The molecule has 1 aromatic rings. The summed E-state index contributed by atoms with van der Waals surface area (Å²) in [7, 11) is 0. The third kappa shape index (κ3) is 5.93. The van der Waals surface area contributed by atoms with Crippen molar-refractivity contribution in [3.05, 3.63) is 34.3 Å². The van der Waals surface area contributed by atoms with Crippen LogP contribution in [0.2, 0.25) is 5.02 Å². The third-order valence-corrected chi connectivity index (χ3v) is 3.82. The molecule has 1 aromatic carbocycles. The molecule has 0 aliphatic rings. The first-order valence-corrected chi connectivity index (χ1v) is 7.74. The standard InChI is InChI=1S/C16H25ClN2O/c1-3-4-5-6-7-12(2)19-11-14-9-8-13(16(18)20)10-15(14)17/h8-10,12,19H,3-7,11H2,1-2H3,(H2,18,20). The van der Waals surface area contributed by atoms with Crippen molar-refractivity contribution in [2.75, 3.05) is 0 Å². The summed E-state index contributed by atoms with van der Waals surface area (Å²) in [5.74, 6) is -0.448. The van der Waals surface area contributed by atoms with Crippen molar-refractivity contribution in [1.82, 2.24) is 5.32 Å². The Morgan fingerprint density at radius 3 is 2.70 bits per heavy atom. The lowest BCUT2D eigenvalue weighted by atomic mass is 10.1. The van der Waals surface area contributed by atoms with Gasteiger partial charge in [-0.25, -0.2) is 0 Å². The van der Waals surface area contributed by atoms with Crippen molar-refractivity contribution in [2.45, 2.75) is 58.5 Å². The number of primary amides is 1. The molecule has 0 fully saturated rings. The second-order valence-corrected chi connectivity index (χ2v) is 5.71. The van der Waals surface area contributed by atoms with Gasteiger partial charge >= 0.3 is 0 Å². The van der Waals surface area contributed by atoms with Gasteiger partial charge in [-0.2, -0.15) is 0 Å².